The molecule has 2 aromatic rings. The molecule has 53 heavy (non-hydrogen) atoms. The number of aromatic nitrogens is 2. The topological polar surface area (TPSA) is 258 Å². The van der Waals surface area contributed by atoms with Crippen LogP contribution in [0.5, 0.6) is 0 Å². The van der Waals surface area contributed by atoms with Gasteiger partial charge in [-0.15, -0.1) is 0 Å². The monoisotopic (exact) mass is 758 g/mol. The fourth-order valence-electron chi connectivity index (χ4n) is 6.47. The highest BCUT2D eigenvalue weighted by molar-refractivity contribution is 7.51. The van der Waals surface area contributed by atoms with E-state index in [4.69, 9.17) is 26.3 Å². The SMILES string of the molecule is NN=C(C=NCCCNCCCNC1CCCCC1)CNc1nc(NC2CCN(C(=O)CC[C@H](N)C(=O)NCCP(=O)(O)O)CC2)c2ccccc2n1. The van der Waals surface area contributed by atoms with Gasteiger partial charge in [-0.2, -0.15) is 10.1 Å². The van der Waals surface area contributed by atoms with Crippen molar-refractivity contribution < 1.29 is 23.9 Å². The Balaban J connectivity index is 1.16. The number of para-hydroxylation sites is 1. The number of amides is 2. The van der Waals surface area contributed by atoms with Gasteiger partial charge in [-0.05, 0) is 76.7 Å². The maximum atomic E-state index is 12.9. The van der Waals surface area contributed by atoms with Gasteiger partial charge in [-0.1, -0.05) is 31.4 Å². The third kappa shape index (κ3) is 15.6. The van der Waals surface area contributed by atoms with Crippen molar-refractivity contribution in [3.05, 3.63) is 24.3 Å². The second-order valence-corrected chi connectivity index (χ2v) is 15.6. The van der Waals surface area contributed by atoms with Gasteiger partial charge in [0.25, 0.3) is 0 Å². The highest BCUT2D eigenvalue weighted by Gasteiger charge is 2.25. The van der Waals surface area contributed by atoms with Gasteiger partial charge in [0.05, 0.1) is 30.0 Å². The van der Waals surface area contributed by atoms with Crippen LogP contribution in [0.2, 0.25) is 0 Å². The molecule has 1 aliphatic carbocycles. The van der Waals surface area contributed by atoms with E-state index in [9.17, 15) is 14.2 Å². The molecule has 0 bridgehead atoms. The summed E-state index contributed by atoms with van der Waals surface area (Å²) in [6.07, 6.45) is 11.6. The molecule has 2 amide bonds. The van der Waals surface area contributed by atoms with Crippen molar-refractivity contribution in [2.45, 2.75) is 88.8 Å². The molecular formula is C35H59N12O5P. The number of benzene rings is 1. The van der Waals surface area contributed by atoms with Crippen molar-refractivity contribution in [2.75, 3.05) is 69.2 Å². The van der Waals surface area contributed by atoms with Gasteiger partial charge >= 0.3 is 7.60 Å². The van der Waals surface area contributed by atoms with Gasteiger partial charge in [0.15, 0.2) is 0 Å². The Hall–Kier alpha value is -3.73. The van der Waals surface area contributed by atoms with E-state index < -0.39 is 25.7 Å². The second-order valence-electron chi connectivity index (χ2n) is 13.8. The van der Waals surface area contributed by atoms with Crippen LogP contribution in [0.25, 0.3) is 10.9 Å². The lowest BCUT2D eigenvalue weighted by Gasteiger charge is -2.33. The fraction of sp³-hybridized carbons (Fsp3) is 0.657. The van der Waals surface area contributed by atoms with Crippen LogP contribution in [0.3, 0.4) is 0 Å². The molecular weight excluding hydrogens is 699 g/mol. The number of hydrazone groups is 1. The molecule has 11 N–H and O–H groups in total. The zero-order chi connectivity index (χ0) is 37.9. The van der Waals surface area contributed by atoms with Crippen LogP contribution < -0.4 is 38.2 Å². The zero-order valence-corrected chi connectivity index (χ0v) is 31.6. The van der Waals surface area contributed by atoms with E-state index in [-0.39, 0.29) is 31.3 Å². The molecule has 1 saturated heterocycles. The van der Waals surface area contributed by atoms with Crippen molar-refractivity contribution in [3.63, 3.8) is 0 Å². The summed E-state index contributed by atoms with van der Waals surface area (Å²) in [6.45, 7) is 4.85. The molecule has 2 heterocycles. The predicted octanol–water partition coefficient (Wildman–Crippen LogP) is 1.52. The number of hydrogen-bond donors (Lipinski definition) is 9. The molecule has 0 spiro atoms. The molecule has 17 nitrogen and oxygen atoms in total. The van der Waals surface area contributed by atoms with Gasteiger partial charge in [0.1, 0.15) is 5.82 Å². The third-order valence-corrected chi connectivity index (χ3v) is 10.3. The second kappa shape index (κ2) is 22.5. The van der Waals surface area contributed by atoms with E-state index in [1.54, 1.807) is 11.1 Å². The first-order valence-electron chi connectivity index (χ1n) is 18.9. The number of likely N-dealkylation sites (tertiary alicyclic amines) is 1. The van der Waals surface area contributed by atoms with E-state index in [0.717, 1.165) is 43.4 Å². The average Bonchev–Trinajstić information content (AvgIpc) is 3.15. The van der Waals surface area contributed by atoms with Crippen molar-refractivity contribution in [3.8, 4) is 0 Å². The Kier molecular flexibility index (Phi) is 17.8. The Morgan fingerprint density at radius 1 is 1.00 bits per heavy atom. The number of fused-ring (bicyclic) bond motifs is 1. The maximum Gasteiger partial charge on any atom is 0.327 e. The standard InChI is InChI=1S/C35H59N12O5P/c36-30(34(49)41-20-23-53(50,51)52)12-13-32(48)47-21-14-27(15-22-47)43-33-29-10-4-5-11-31(29)44-35(45-33)42-25-28(46-37)24-39-18-6-16-38-17-7-19-40-26-8-2-1-3-9-26/h4-5,10-11,24,26-27,30,38,40H,1-3,6-9,12-23,25,36-37H2,(H,41,49)(H2,50,51,52)(H2,42,43,44,45)/t30-/m0/s1. The number of aliphatic imine (C=N–C) groups is 1. The van der Waals surface area contributed by atoms with Gasteiger partial charge in [-0.3, -0.25) is 19.1 Å². The van der Waals surface area contributed by atoms with Crippen LogP contribution in [0.15, 0.2) is 34.4 Å². The molecule has 1 aromatic carbocycles. The highest BCUT2D eigenvalue weighted by Crippen LogP contribution is 2.32. The lowest BCUT2D eigenvalue weighted by Crippen LogP contribution is -2.44. The van der Waals surface area contributed by atoms with E-state index in [2.05, 4.69) is 41.7 Å². The molecule has 2 fully saturated rings. The first-order valence-corrected chi connectivity index (χ1v) is 20.7. The molecule has 0 unspecified atom stereocenters. The molecule has 2 aliphatic rings. The molecule has 1 atom stereocenters. The smallest absolute Gasteiger partial charge is 0.327 e. The van der Waals surface area contributed by atoms with Gasteiger partial charge in [0, 0.05) is 56.3 Å². The normalized spacial score (nSPS) is 17.0. The summed E-state index contributed by atoms with van der Waals surface area (Å²) in [4.78, 5) is 58.6. The first kappa shape index (κ1) is 42.0. The van der Waals surface area contributed by atoms with Crippen LogP contribution in [-0.4, -0.2) is 125 Å². The van der Waals surface area contributed by atoms with Crippen LogP contribution in [0.4, 0.5) is 11.8 Å². The summed E-state index contributed by atoms with van der Waals surface area (Å²) in [5.41, 5.74) is 7.26. The van der Waals surface area contributed by atoms with Gasteiger partial charge < -0.3 is 52.8 Å². The number of nitrogens with zero attached hydrogens (tertiary/aromatic N) is 5. The minimum Gasteiger partial charge on any atom is -0.367 e. The van der Waals surface area contributed by atoms with E-state index >= 15 is 0 Å². The van der Waals surface area contributed by atoms with Gasteiger partial charge in [0.2, 0.25) is 17.8 Å². The molecule has 1 aliphatic heterocycles. The molecule has 294 valence electrons. The number of nitrogens with two attached hydrogens (primary N) is 2. The Bertz CT molecular complexity index is 1540. The van der Waals surface area contributed by atoms with Crippen LogP contribution >= 0.6 is 7.60 Å². The summed E-state index contributed by atoms with van der Waals surface area (Å²) in [5, 5.41) is 21.1. The molecule has 18 heteroatoms. The molecule has 1 aromatic heterocycles. The Labute approximate surface area is 312 Å². The predicted molar refractivity (Wildman–Crippen MR) is 210 cm³/mol. The minimum atomic E-state index is -4.21. The number of nitrogens with one attached hydrogen (secondary N) is 5. The first-order chi connectivity index (χ1) is 25.6. The fourth-order valence-corrected chi connectivity index (χ4v) is 6.87. The summed E-state index contributed by atoms with van der Waals surface area (Å²) < 4.78 is 11.0. The number of anilines is 2. The summed E-state index contributed by atoms with van der Waals surface area (Å²) >= 11 is 0. The van der Waals surface area contributed by atoms with Crippen molar-refractivity contribution in [2.24, 2.45) is 21.7 Å². The number of rotatable bonds is 22. The average molecular weight is 759 g/mol. The van der Waals surface area contributed by atoms with E-state index in [0.29, 0.717) is 62.5 Å². The molecule has 0 radical (unpaired) electrons. The quantitative estimate of drug-likeness (QED) is 0.0272. The number of hydrogen-bond acceptors (Lipinski definition) is 13. The van der Waals surface area contributed by atoms with Crippen molar-refractivity contribution >= 4 is 54.0 Å². The lowest BCUT2D eigenvalue weighted by molar-refractivity contribution is -0.132. The van der Waals surface area contributed by atoms with Crippen LogP contribution in [0.1, 0.15) is 70.6 Å². The largest absolute Gasteiger partial charge is 0.367 e. The maximum absolute atomic E-state index is 12.9. The minimum absolute atomic E-state index is 0.0771. The highest BCUT2D eigenvalue weighted by atomic mass is 31.2. The Morgan fingerprint density at radius 2 is 1.75 bits per heavy atom. The lowest BCUT2D eigenvalue weighted by atomic mass is 9.95. The molecule has 1 saturated carbocycles. The third-order valence-electron chi connectivity index (χ3n) is 9.54. The van der Waals surface area contributed by atoms with Crippen LogP contribution in [0, 0.1) is 0 Å². The van der Waals surface area contributed by atoms with Crippen LogP contribution in [-0.2, 0) is 14.2 Å². The number of carbonyl (C=O) groups excluding carboxylic acids is 2. The van der Waals surface area contributed by atoms with Gasteiger partial charge in [-0.25, -0.2) is 4.98 Å². The number of carbonyl (C=O) groups is 2. The zero-order valence-electron chi connectivity index (χ0n) is 30.7. The summed E-state index contributed by atoms with van der Waals surface area (Å²) in [7, 11) is -4.21. The van der Waals surface area contributed by atoms with Crippen molar-refractivity contribution in [1.29, 1.82) is 0 Å². The van der Waals surface area contributed by atoms with Crippen molar-refractivity contribution in [1.82, 2.24) is 30.8 Å². The summed E-state index contributed by atoms with van der Waals surface area (Å²) in [5.74, 6) is 6.15. The van der Waals surface area contributed by atoms with E-state index in [1.165, 1.54) is 32.1 Å². The van der Waals surface area contributed by atoms with E-state index in [1.807, 2.05) is 24.3 Å². The summed E-state index contributed by atoms with van der Waals surface area (Å²) in [6, 6.07) is 7.60. The molecule has 4 rings (SSSR count). The number of piperidine rings is 1. The Morgan fingerprint density at radius 3 is 2.51 bits per heavy atom.